The quantitative estimate of drug-likeness (QED) is 0.0537. The number of H-pyrrole nitrogens is 1. The number of hydrogen-bond acceptors (Lipinski definition) is 15. The Morgan fingerprint density at radius 3 is 2.15 bits per heavy atom. The second-order valence-corrected chi connectivity index (χ2v) is 11.3. The SMILES string of the molecule is Nc1nc2ncc(CNc3ccc(C(=O)N[C@H](CCC(=O)NC[C@@H](N)C(=O)N[C@H](CC(=O)O)C(=O)N[C@H](CS)C(=O)O)C(=O)O)cc3)nc2c(=O)[nH]1. The van der Waals surface area contributed by atoms with Crippen LogP contribution < -0.4 is 43.6 Å². The van der Waals surface area contributed by atoms with Gasteiger partial charge in [0.25, 0.3) is 11.5 Å². The van der Waals surface area contributed by atoms with Crippen LogP contribution in [0, 0.1) is 0 Å². The van der Waals surface area contributed by atoms with Gasteiger partial charge in [0.05, 0.1) is 24.9 Å². The van der Waals surface area contributed by atoms with Crippen molar-refractivity contribution in [2.75, 3.05) is 23.3 Å². The minimum absolute atomic E-state index is 0.00716. The number of carbonyl (C=O) groups excluding carboxylic acids is 4. The van der Waals surface area contributed by atoms with Crippen LogP contribution in [0.5, 0.6) is 0 Å². The number of benzene rings is 1. The first-order valence-corrected chi connectivity index (χ1v) is 15.8. The molecule has 0 aliphatic rings. The summed E-state index contributed by atoms with van der Waals surface area (Å²) in [7, 11) is 0. The van der Waals surface area contributed by atoms with E-state index in [1.54, 1.807) is 12.1 Å². The van der Waals surface area contributed by atoms with Gasteiger partial charge in [0.2, 0.25) is 23.7 Å². The van der Waals surface area contributed by atoms with Gasteiger partial charge in [-0.3, -0.25) is 33.8 Å². The first kappa shape index (κ1) is 40.1. The zero-order valence-electron chi connectivity index (χ0n) is 27.0. The number of hydrogen-bond donors (Lipinski definition) is 12. The van der Waals surface area contributed by atoms with E-state index in [1.807, 2.05) is 5.32 Å². The van der Waals surface area contributed by atoms with E-state index in [9.17, 15) is 43.5 Å². The van der Waals surface area contributed by atoms with E-state index in [1.165, 1.54) is 18.3 Å². The summed E-state index contributed by atoms with van der Waals surface area (Å²) >= 11 is 3.79. The predicted molar refractivity (Wildman–Crippen MR) is 183 cm³/mol. The summed E-state index contributed by atoms with van der Waals surface area (Å²) in [6.45, 7) is -0.339. The fourth-order valence-electron chi connectivity index (χ4n) is 4.29. The van der Waals surface area contributed by atoms with Gasteiger partial charge in [-0.15, -0.1) is 0 Å². The lowest BCUT2D eigenvalue weighted by atomic mass is 10.1. The number of carbonyl (C=O) groups is 7. The van der Waals surface area contributed by atoms with Crippen molar-refractivity contribution >= 4 is 77.0 Å². The van der Waals surface area contributed by atoms with Crippen molar-refractivity contribution < 1.29 is 48.9 Å². The number of rotatable bonds is 19. The molecule has 1 aromatic carbocycles. The molecule has 0 fully saturated rings. The minimum Gasteiger partial charge on any atom is -0.481 e. The van der Waals surface area contributed by atoms with E-state index >= 15 is 0 Å². The maximum absolute atomic E-state index is 12.8. The number of carboxylic acid groups (broad SMARTS) is 3. The van der Waals surface area contributed by atoms with E-state index in [4.69, 9.17) is 21.7 Å². The van der Waals surface area contributed by atoms with Gasteiger partial charge in [0.1, 0.15) is 24.2 Å². The van der Waals surface area contributed by atoms with E-state index in [2.05, 4.69) is 53.8 Å². The van der Waals surface area contributed by atoms with Crippen molar-refractivity contribution in [2.24, 2.45) is 5.73 Å². The molecule has 0 radical (unpaired) electrons. The number of nitrogen functional groups attached to an aromatic ring is 1. The zero-order chi connectivity index (χ0) is 38.5. The maximum atomic E-state index is 12.8. The molecule has 23 heteroatoms. The van der Waals surface area contributed by atoms with E-state index in [0.717, 1.165) is 0 Å². The zero-order valence-corrected chi connectivity index (χ0v) is 27.9. The Labute approximate surface area is 298 Å². The molecule has 2 heterocycles. The van der Waals surface area contributed by atoms with Crippen LogP contribution in [0.15, 0.2) is 35.3 Å². The molecular weight excluding hydrogens is 710 g/mol. The van der Waals surface area contributed by atoms with Crippen molar-refractivity contribution in [3.05, 3.63) is 52.1 Å². The van der Waals surface area contributed by atoms with Gasteiger partial charge in [-0.2, -0.15) is 17.6 Å². The molecule has 0 spiro atoms. The minimum atomic E-state index is -1.70. The Kier molecular flexibility index (Phi) is 14.3. The van der Waals surface area contributed by atoms with Gasteiger partial charge >= 0.3 is 17.9 Å². The van der Waals surface area contributed by atoms with Gasteiger partial charge < -0.3 is 53.4 Å². The van der Waals surface area contributed by atoms with Crippen LogP contribution in [0.2, 0.25) is 0 Å². The lowest BCUT2D eigenvalue weighted by molar-refractivity contribution is -0.143. The lowest BCUT2D eigenvalue weighted by Crippen LogP contribution is -2.57. The molecule has 278 valence electrons. The molecule has 0 aliphatic heterocycles. The average molecular weight is 746 g/mol. The third-order valence-electron chi connectivity index (χ3n) is 7.04. The molecule has 52 heavy (non-hydrogen) atoms. The summed E-state index contributed by atoms with van der Waals surface area (Å²) in [5.41, 5.74) is 11.9. The molecule has 22 nitrogen and oxygen atoms in total. The summed E-state index contributed by atoms with van der Waals surface area (Å²) in [6, 6.07) is -0.170. The van der Waals surface area contributed by atoms with Crippen LogP contribution >= 0.6 is 12.6 Å². The van der Waals surface area contributed by atoms with E-state index in [-0.39, 0.29) is 41.4 Å². The highest BCUT2D eigenvalue weighted by atomic mass is 32.1. The van der Waals surface area contributed by atoms with Crippen LogP contribution in [-0.2, 0) is 35.3 Å². The molecule has 0 unspecified atom stereocenters. The molecule has 4 atom stereocenters. The molecule has 3 rings (SSSR count). The number of carboxylic acids is 3. The molecule has 4 amide bonds. The molecule has 0 aliphatic carbocycles. The van der Waals surface area contributed by atoms with Crippen LogP contribution in [0.3, 0.4) is 0 Å². The Morgan fingerprint density at radius 2 is 1.54 bits per heavy atom. The van der Waals surface area contributed by atoms with Crippen molar-refractivity contribution in [2.45, 2.75) is 50.0 Å². The maximum Gasteiger partial charge on any atom is 0.327 e. The Hall–Kier alpha value is -6.36. The number of thiol groups is 1. The van der Waals surface area contributed by atoms with Gasteiger partial charge in [-0.25, -0.2) is 19.6 Å². The normalized spacial score (nSPS) is 13.1. The Balaban J connectivity index is 1.47. The number of fused-ring (bicyclic) bond motifs is 1. The van der Waals surface area contributed by atoms with Gasteiger partial charge in [0, 0.05) is 30.0 Å². The van der Waals surface area contributed by atoms with Crippen LogP contribution in [0.4, 0.5) is 11.6 Å². The van der Waals surface area contributed by atoms with Crippen LogP contribution in [0.25, 0.3) is 11.2 Å². The molecule has 2 aromatic heterocycles. The highest BCUT2D eigenvalue weighted by Crippen LogP contribution is 2.12. The number of nitrogens with two attached hydrogens (primary N) is 2. The molecule has 13 N–H and O–H groups in total. The number of nitrogens with one attached hydrogen (secondary N) is 6. The third kappa shape index (κ3) is 11.9. The van der Waals surface area contributed by atoms with E-state index in [0.29, 0.717) is 11.4 Å². The van der Waals surface area contributed by atoms with Gasteiger partial charge in [0.15, 0.2) is 11.2 Å². The summed E-state index contributed by atoms with van der Waals surface area (Å²) in [6.07, 6.45) is -0.246. The number of amides is 4. The molecule has 3 aromatic rings. The fourth-order valence-corrected chi connectivity index (χ4v) is 4.54. The standard InChI is InChI=1S/C29H35N11O11S/c30-15(24(45)37-17(7-20(42)43)25(46)38-18(11-52)28(50)51)10-33-19(41)6-5-16(27(48)49)36-23(44)12-1-3-13(4-2-12)32-8-14-9-34-22-21(35-14)26(47)40-29(31)39-22/h1-4,9,15-18,32,52H,5-8,10-11,30H2,(H,33,41)(H,36,44)(H,37,45)(H,38,46)(H,42,43)(H,48,49)(H,50,51)(H3,31,34,39,40,47)/t15-,16-,17-,18-/m1/s1. The first-order chi connectivity index (χ1) is 24.6. The monoisotopic (exact) mass is 745 g/mol. The van der Waals surface area contributed by atoms with E-state index < -0.39 is 90.6 Å². The first-order valence-electron chi connectivity index (χ1n) is 15.1. The van der Waals surface area contributed by atoms with Crippen molar-refractivity contribution in [3.8, 4) is 0 Å². The van der Waals surface area contributed by atoms with Crippen molar-refractivity contribution in [1.82, 2.24) is 41.2 Å². The van der Waals surface area contributed by atoms with Crippen molar-refractivity contribution in [1.29, 1.82) is 0 Å². The topological polar surface area (TPSA) is 364 Å². The highest BCUT2D eigenvalue weighted by Gasteiger charge is 2.29. The number of aromatic amines is 1. The van der Waals surface area contributed by atoms with Crippen LogP contribution in [0.1, 0.15) is 35.3 Å². The number of nitrogens with zero attached hydrogens (tertiary/aromatic N) is 3. The average Bonchev–Trinajstić information content (AvgIpc) is 3.09. The highest BCUT2D eigenvalue weighted by molar-refractivity contribution is 7.80. The van der Waals surface area contributed by atoms with Gasteiger partial charge in [-0.1, -0.05) is 0 Å². The molecular formula is C29H35N11O11S. The summed E-state index contributed by atoms with van der Waals surface area (Å²) in [4.78, 5) is 111. The third-order valence-corrected chi connectivity index (χ3v) is 7.40. The smallest absolute Gasteiger partial charge is 0.327 e. The van der Waals surface area contributed by atoms with Gasteiger partial charge in [-0.05, 0) is 30.7 Å². The largest absolute Gasteiger partial charge is 0.481 e. The van der Waals surface area contributed by atoms with Crippen molar-refractivity contribution in [3.63, 3.8) is 0 Å². The molecule has 0 saturated carbocycles. The molecule has 0 bridgehead atoms. The number of aromatic nitrogens is 4. The number of anilines is 2. The summed E-state index contributed by atoms with van der Waals surface area (Å²) in [5.74, 6) is -8.38. The Bertz CT molecular complexity index is 1890. The predicted octanol–water partition coefficient (Wildman–Crippen LogP) is -3.23. The number of aliphatic carboxylic acids is 3. The lowest BCUT2D eigenvalue weighted by Gasteiger charge is -2.21. The summed E-state index contributed by atoms with van der Waals surface area (Å²) < 4.78 is 0. The second kappa shape index (κ2) is 18.6. The van der Waals surface area contributed by atoms with Crippen LogP contribution in [-0.4, -0.2) is 113 Å². The Morgan fingerprint density at radius 1 is 0.885 bits per heavy atom. The molecule has 0 saturated heterocycles. The fraction of sp³-hybridized carbons (Fsp3) is 0.345. The second-order valence-electron chi connectivity index (χ2n) is 11.0. The summed E-state index contributed by atoms with van der Waals surface area (Å²) in [5, 5.41) is 39.6.